The summed E-state index contributed by atoms with van der Waals surface area (Å²) in [5, 5.41) is 3.33. The summed E-state index contributed by atoms with van der Waals surface area (Å²) in [6.07, 6.45) is 1.24. The SMILES string of the molecule is Cc1cc(Cl)ccc1N(CCC(=O)NCC(C)C)S(C)(=O)=O. The van der Waals surface area contributed by atoms with Gasteiger partial charge in [-0.25, -0.2) is 8.42 Å². The molecule has 0 spiro atoms. The Labute approximate surface area is 137 Å². The molecule has 0 bridgehead atoms. The molecule has 0 aromatic heterocycles. The highest BCUT2D eigenvalue weighted by Crippen LogP contribution is 2.25. The van der Waals surface area contributed by atoms with Gasteiger partial charge in [0.2, 0.25) is 15.9 Å². The molecule has 0 unspecified atom stereocenters. The van der Waals surface area contributed by atoms with Gasteiger partial charge in [0.15, 0.2) is 0 Å². The maximum atomic E-state index is 12.0. The largest absolute Gasteiger partial charge is 0.356 e. The van der Waals surface area contributed by atoms with E-state index in [9.17, 15) is 13.2 Å². The van der Waals surface area contributed by atoms with Gasteiger partial charge in [-0.05, 0) is 36.6 Å². The van der Waals surface area contributed by atoms with Crippen LogP contribution in [0, 0.1) is 12.8 Å². The molecule has 5 nitrogen and oxygen atoms in total. The van der Waals surface area contributed by atoms with Crippen molar-refractivity contribution in [2.45, 2.75) is 27.2 Å². The van der Waals surface area contributed by atoms with E-state index in [0.717, 1.165) is 11.8 Å². The molecule has 1 aromatic carbocycles. The summed E-state index contributed by atoms with van der Waals surface area (Å²) < 4.78 is 25.3. The molecule has 0 saturated carbocycles. The van der Waals surface area contributed by atoms with Crippen molar-refractivity contribution in [3.63, 3.8) is 0 Å². The molecule has 0 aliphatic heterocycles. The van der Waals surface area contributed by atoms with E-state index < -0.39 is 10.0 Å². The molecule has 0 fully saturated rings. The number of hydrogen-bond donors (Lipinski definition) is 1. The van der Waals surface area contributed by atoms with Gasteiger partial charge in [-0.15, -0.1) is 0 Å². The summed E-state index contributed by atoms with van der Waals surface area (Å²) in [4.78, 5) is 11.8. The third-order valence-corrected chi connectivity index (χ3v) is 4.49. The first kappa shape index (κ1) is 18.8. The van der Waals surface area contributed by atoms with Crippen molar-refractivity contribution >= 4 is 33.2 Å². The number of carbonyl (C=O) groups is 1. The highest BCUT2D eigenvalue weighted by molar-refractivity contribution is 7.92. The summed E-state index contributed by atoms with van der Waals surface area (Å²) in [6.45, 7) is 6.47. The Balaban J connectivity index is 2.85. The third-order valence-electron chi connectivity index (χ3n) is 3.08. The smallest absolute Gasteiger partial charge is 0.232 e. The minimum atomic E-state index is -3.47. The lowest BCUT2D eigenvalue weighted by atomic mass is 10.2. The lowest BCUT2D eigenvalue weighted by Gasteiger charge is -2.24. The van der Waals surface area contributed by atoms with Crippen LogP contribution in [0.5, 0.6) is 0 Å². The number of nitrogens with zero attached hydrogens (tertiary/aromatic N) is 1. The number of carbonyl (C=O) groups excluding carboxylic acids is 1. The van der Waals surface area contributed by atoms with Crippen LogP contribution in [0.25, 0.3) is 0 Å². The van der Waals surface area contributed by atoms with Gasteiger partial charge in [0.25, 0.3) is 0 Å². The molecule has 0 aliphatic rings. The van der Waals surface area contributed by atoms with Gasteiger partial charge in [0.1, 0.15) is 0 Å². The van der Waals surface area contributed by atoms with Crippen molar-refractivity contribution in [2.24, 2.45) is 5.92 Å². The van der Waals surface area contributed by atoms with Crippen LogP contribution >= 0.6 is 11.6 Å². The fraction of sp³-hybridized carbons (Fsp3) is 0.533. The predicted octanol–water partition coefficient (Wildman–Crippen LogP) is 2.58. The van der Waals surface area contributed by atoms with Gasteiger partial charge in [0.05, 0.1) is 11.9 Å². The Morgan fingerprint density at radius 2 is 2.00 bits per heavy atom. The molecule has 0 aliphatic carbocycles. The van der Waals surface area contributed by atoms with Crippen molar-refractivity contribution in [1.29, 1.82) is 0 Å². The second kappa shape index (κ2) is 7.83. The van der Waals surface area contributed by atoms with Gasteiger partial charge in [-0.1, -0.05) is 25.4 Å². The second-order valence-corrected chi connectivity index (χ2v) is 8.06. The number of benzene rings is 1. The molecule has 1 amide bonds. The highest BCUT2D eigenvalue weighted by Gasteiger charge is 2.20. The van der Waals surface area contributed by atoms with E-state index in [1.54, 1.807) is 25.1 Å². The van der Waals surface area contributed by atoms with Gasteiger partial charge in [-0.2, -0.15) is 0 Å². The Hall–Kier alpha value is -1.27. The maximum Gasteiger partial charge on any atom is 0.232 e. The predicted molar refractivity (Wildman–Crippen MR) is 90.8 cm³/mol. The average Bonchev–Trinajstić information content (AvgIpc) is 2.37. The van der Waals surface area contributed by atoms with E-state index in [4.69, 9.17) is 11.6 Å². The number of rotatable bonds is 7. The van der Waals surface area contributed by atoms with Crippen molar-refractivity contribution in [2.75, 3.05) is 23.7 Å². The first-order valence-corrected chi connectivity index (χ1v) is 9.34. The summed E-state index contributed by atoms with van der Waals surface area (Å²) in [5.41, 5.74) is 1.30. The van der Waals surface area contributed by atoms with Gasteiger partial charge >= 0.3 is 0 Å². The van der Waals surface area contributed by atoms with E-state index in [-0.39, 0.29) is 18.9 Å². The van der Waals surface area contributed by atoms with E-state index in [0.29, 0.717) is 23.2 Å². The summed E-state index contributed by atoms with van der Waals surface area (Å²) in [6, 6.07) is 5.00. The molecule has 0 radical (unpaired) electrons. The van der Waals surface area contributed by atoms with Crippen LogP contribution in [-0.2, 0) is 14.8 Å². The minimum Gasteiger partial charge on any atom is -0.356 e. The third kappa shape index (κ3) is 5.85. The highest BCUT2D eigenvalue weighted by atomic mass is 35.5. The summed E-state index contributed by atoms with van der Waals surface area (Å²) in [5.74, 6) is 0.197. The maximum absolute atomic E-state index is 12.0. The standard InChI is InChI=1S/C15H23ClN2O3S/c1-11(2)10-17-15(19)7-8-18(22(4,20)21)14-6-5-13(16)9-12(14)3/h5-6,9,11H,7-8,10H2,1-4H3,(H,17,19). The van der Waals surface area contributed by atoms with E-state index in [1.807, 2.05) is 13.8 Å². The fourth-order valence-corrected chi connectivity index (χ4v) is 3.18. The molecular formula is C15H23ClN2O3S. The molecule has 7 heteroatoms. The molecule has 1 N–H and O–H groups in total. The summed E-state index contributed by atoms with van der Waals surface area (Å²) in [7, 11) is -3.47. The molecular weight excluding hydrogens is 324 g/mol. The Bertz CT molecular complexity index is 630. The van der Waals surface area contributed by atoms with Crippen molar-refractivity contribution in [1.82, 2.24) is 5.32 Å². The normalized spacial score (nSPS) is 11.5. The first-order valence-electron chi connectivity index (χ1n) is 7.12. The molecule has 22 heavy (non-hydrogen) atoms. The first-order chi connectivity index (χ1) is 10.1. The van der Waals surface area contributed by atoms with Crippen LogP contribution in [0.3, 0.4) is 0 Å². The van der Waals surface area contributed by atoms with Crippen molar-refractivity contribution < 1.29 is 13.2 Å². The average molecular weight is 347 g/mol. The van der Waals surface area contributed by atoms with Crippen LogP contribution in [0.1, 0.15) is 25.8 Å². The zero-order valence-corrected chi connectivity index (χ0v) is 15.0. The zero-order chi connectivity index (χ0) is 16.9. The number of amides is 1. The van der Waals surface area contributed by atoms with E-state index in [2.05, 4.69) is 5.32 Å². The fourth-order valence-electron chi connectivity index (χ4n) is 1.97. The number of nitrogens with one attached hydrogen (secondary N) is 1. The molecule has 124 valence electrons. The molecule has 0 heterocycles. The van der Waals surface area contributed by atoms with Crippen LogP contribution in [0.2, 0.25) is 5.02 Å². The van der Waals surface area contributed by atoms with Crippen LogP contribution in [0.4, 0.5) is 5.69 Å². The zero-order valence-electron chi connectivity index (χ0n) is 13.4. The summed E-state index contributed by atoms with van der Waals surface area (Å²) >= 11 is 5.90. The molecule has 0 atom stereocenters. The Morgan fingerprint density at radius 1 is 1.36 bits per heavy atom. The topological polar surface area (TPSA) is 66.5 Å². The van der Waals surface area contributed by atoms with Crippen LogP contribution in [-0.4, -0.2) is 33.7 Å². The van der Waals surface area contributed by atoms with Gasteiger partial charge in [-0.3, -0.25) is 9.10 Å². The molecule has 1 aromatic rings. The monoisotopic (exact) mass is 346 g/mol. The molecule has 0 saturated heterocycles. The second-order valence-electron chi connectivity index (χ2n) is 5.71. The Kier molecular flexibility index (Phi) is 6.68. The number of sulfonamides is 1. The lowest BCUT2D eigenvalue weighted by Crippen LogP contribution is -2.35. The van der Waals surface area contributed by atoms with Crippen LogP contribution in [0.15, 0.2) is 18.2 Å². The van der Waals surface area contributed by atoms with Crippen LogP contribution < -0.4 is 9.62 Å². The number of hydrogen-bond acceptors (Lipinski definition) is 3. The number of anilines is 1. The number of aryl methyl sites for hydroxylation is 1. The van der Waals surface area contributed by atoms with E-state index >= 15 is 0 Å². The minimum absolute atomic E-state index is 0.102. The molecule has 1 rings (SSSR count). The van der Waals surface area contributed by atoms with Crippen molar-refractivity contribution in [3.8, 4) is 0 Å². The van der Waals surface area contributed by atoms with Crippen molar-refractivity contribution in [3.05, 3.63) is 28.8 Å². The Morgan fingerprint density at radius 3 is 2.50 bits per heavy atom. The van der Waals surface area contributed by atoms with E-state index in [1.165, 1.54) is 4.31 Å². The van der Waals surface area contributed by atoms with Gasteiger partial charge < -0.3 is 5.32 Å². The van der Waals surface area contributed by atoms with Gasteiger partial charge in [0, 0.05) is 24.5 Å². The quantitative estimate of drug-likeness (QED) is 0.825. The number of halogens is 1. The lowest BCUT2D eigenvalue weighted by molar-refractivity contribution is -0.121.